The Kier molecular flexibility index (Phi) is 17.9. The molecule has 1 N–H and O–H groups in total. The van der Waals surface area contributed by atoms with Gasteiger partial charge in [0.1, 0.15) is 5.78 Å². The molecule has 2 aliphatic rings. The van der Waals surface area contributed by atoms with Gasteiger partial charge in [-0.15, -0.1) is 0 Å². The Morgan fingerprint density at radius 2 is 1.58 bits per heavy atom. The van der Waals surface area contributed by atoms with Crippen LogP contribution >= 0.6 is 0 Å². The molecule has 9 atom stereocenters. The minimum atomic E-state index is -0.572. The molecule has 0 spiro atoms. The van der Waals surface area contributed by atoms with E-state index in [0.717, 1.165) is 37.9 Å². The molecule has 53 heavy (non-hydrogen) atoms. The van der Waals surface area contributed by atoms with Gasteiger partial charge in [0.15, 0.2) is 0 Å². The van der Waals surface area contributed by atoms with Crippen LogP contribution in [0.15, 0.2) is 30.3 Å². The number of hydrogen-bond acceptors (Lipinski definition) is 8. The molecule has 3 rings (SSSR count). The molecule has 3 amide bonds. The van der Waals surface area contributed by atoms with E-state index >= 15 is 0 Å². The second-order valence-corrected chi connectivity index (χ2v) is 16.3. The average Bonchev–Trinajstić information content (AvgIpc) is 3.62. The van der Waals surface area contributed by atoms with E-state index < -0.39 is 24.0 Å². The number of likely N-dealkylation sites (tertiary alicyclic amines) is 1. The lowest BCUT2D eigenvalue weighted by Gasteiger charge is -2.41. The number of benzene rings is 1. The van der Waals surface area contributed by atoms with Crippen LogP contribution in [0.4, 0.5) is 0 Å². The van der Waals surface area contributed by atoms with Crippen LogP contribution in [0.1, 0.15) is 85.6 Å². The maximum absolute atomic E-state index is 14.3. The summed E-state index contributed by atoms with van der Waals surface area (Å²) >= 11 is 0. The van der Waals surface area contributed by atoms with E-state index in [1.165, 1.54) is 0 Å². The monoisotopic (exact) mass is 743 g/mol. The van der Waals surface area contributed by atoms with Gasteiger partial charge in [-0.2, -0.15) is 0 Å². The Balaban J connectivity index is 1.74. The predicted molar refractivity (Wildman–Crippen MR) is 208 cm³/mol. The van der Waals surface area contributed by atoms with Gasteiger partial charge in [0.25, 0.3) is 0 Å². The smallest absolute Gasteiger partial charge is 0.226 e. The van der Waals surface area contributed by atoms with E-state index in [0.29, 0.717) is 19.5 Å². The van der Waals surface area contributed by atoms with Gasteiger partial charge in [-0.05, 0) is 56.6 Å². The van der Waals surface area contributed by atoms with E-state index in [2.05, 4.69) is 32.7 Å². The average molecular weight is 743 g/mol. The van der Waals surface area contributed by atoms with Gasteiger partial charge in [0.05, 0.1) is 30.7 Å². The van der Waals surface area contributed by atoms with Crippen molar-refractivity contribution in [3.8, 4) is 0 Å². The largest absolute Gasteiger partial charge is 0.396 e. The minimum absolute atomic E-state index is 0.00756. The van der Waals surface area contributed by atoms with Crippen molar-refractivity contribution in [2.24, 2.45) is 29.6 Å². The van der Waals surface area contributed by atoms with Crippen LogP contribution in [0, 0.1) is 29.6 Å². The van der Waals surface area contributed by atoms with Crippen molar-refractivity contribution in [2.45, 2.75) is 117 Å². The van der Waals surface area contributed by atoms with Gasteiger partial charge < -0.3 is 34.2 Å². The van der Waals surface area contributed by atoms with Gasteiger partial charge >= 0.3 is 0 Å². The number of likely N-dealkylation sites (N-methyl/N-ethyl adjacent to an activating group) is 2. The van der Waals surface area contributed by atoms with Crippen molar-refractivity contribution < 1.29 is 33.8 Å². The summed E-state index contributed by atoms with van der Waals surface area (Å²) in [7, 11) is 7.04. The highest BCUT2D eigenvalue weighted by Crippen LogP contribution is 2.31. The molecule has 0 aromatic heterocycles. The summed E-state index contributed by atoms with van der Waals surface area (Å²) in [5, 5.41) is 10.1. The first-order valence-corrected chi connectivity index (χ1v) is 20.0. The second-order valence-electron chi connectivity index (χ2n) is 16.3. The summed E-state index contributed by atoms with van der Waals surface area (Å²) in [4.78, 5) is 63.4. The Morgan fingerprint density at radius 3 is 2.15 bits per heavy atom. The maximum atomic E-state index is 14.3. The van der Waals surface area contributed by atoms with Crippen LogP contribution in [-0.2, 0) is 35.1 Å². The molecule has 1 aromatic rings. The number of amides is 3. The summed E-state index contributed by atoms with van der Waals surface area (Å²) in [6, 6.07) is 9.28. The first-order chi connectivity index (χ1) is 25.2. The number of carbonyl (C=O) groups excluding carboxylic acids is 4. The standard InChI is InChI=1S/C42H70N4O7/c1-11-29(4)40(44(8)42(51)34(28(2)3)24-38(49)45-21-20-43(7)26-30(45)5)37(52-9)25-39(50)46-19-15-18-35(46)41(53-10)31(6)36(48)23-33(27-47)22-32-16-13-12-14-17-32/h12-14,16-17,28-31,33-35,37,40-41,47H,11,15,18-27H2,1-10H3/t29-,30-,31-,33+,34-,35-,37+,40-,41+/m0/s1. The quantitative estimate of drug-likeness (QED) is 0.207. The molecule has 0 bridgehead atoms. The van der Waals surface area contributed by atoms with Gasteiger partial charge in [-0.25, -0.2) is 0 Å². The number of nitrogens with zero attached hydrogens (tertiary/aromatic N) is 4. The lowest BCUT2D eigenvalue weighted by Crippen LogP contribution is -2.55. The number of methoxy groups -OCH3 is 2. The van der Waals surface area contributed by atoms with Crippen molar-refractivity contribution in [1.82, 2.24) is 19.6 Å². The van der Waals surface area contributed by atoms with Crippen LogP contribution in [-0.4, -0.2) is 140 Å². The number of Topliss-reactive ketones (excluding diaryl/α,β-unsaturated/α-hetero) is 1. The first-order valence-electron chi connectivity index (χ1n) is 20.0. The van der Waals surface area contributed by atoms with Crippen molar-refractivity contribution in [1.29, 1.82) is 0 Å². The molecule has 2 heterocycles. The third-order valence-corrected chi connectivity index (χ3v) is 12.1. The topological polar surface area (TPSA) is 120 Å². The zero-order valence-electron chi connectivity index (χ0n) is 34.3. The number of ether oxygens (including phenoxy) is 2. The molecule has 2 fully saturated rings. The predicted octanol–water partition coefficient (Wildman–Crippen LogP) is 4.54. The Labute approximate surface area is 319 Å². The number of rotatable bonds is 20. The van der Waals surface area contributed by atoms with Crippen LogP contribution in [0.25, 0.3) is 0 Å². The molecule has 2 saturated heterocycles. The minimum Gasteiger partial charge on any atom is -0.396 e. The van der Waals surface area contributed by atoms with Gasteiger partial charge in [0, 0.05) is 84.8 Å². The number of aliphatic hydroxyl groups is 1. The first kappa shape index (κ1) is 44.5. The van der Waals surface area contributed by atoms with Crippen molar-refractivity contribution >= 4 is 23.5 Å². The third-order valence-electron chi connectivity index (χ3n) is 12.1. The SMILES string of the molecule is CC[C@H](C)[C@@H]([C@@H](CC(=O)N1CCC[C@H]1[C@H](OC)[C@@H](C)C(=O)C[C@H](CO)Cc1ccccc1)OC)N(C)C(=O)[C@@H](CC(=O)N1CCN(C)C[C@@H]1C)C(C)C. The van der Waals surface area contributed by atoms with Crippen molar-refractivity contribution in [3.05, 3.63) is 35.9 Å². The molecule has 0 saturated carbocycles. The molecule has 2 aliphatic heterocycles. The summed E-state index contributed by atoms with van der Waals surface area (Å²) in [5.41, 5.74) is 1.08. The van der Waals surface area contributed by atoms with Crippen molar-refractivity contribution in [2.75, 3.05) is 61.1 Å². The highest BCUT2D eigenvalue weighted by Gasteiger charge is 2.43. The fourth-order valence-electron chi connectivity index (χ4n) is 8.64. The highest BCUT2D eigenvalue weighted by molar-refractivity contribution is 5.86. The van der Waals surface area contributed by atoms with E-state index in [1.54, 1.807) is 26.2 Å². The summed E-state index contributed by atoms with van der Waals surface area (Å²) < 4.78 is 12.0. The van der Waals surface area contributed by atoms with Crippen LogP contribution in [0.5, 0.6) is 0 Å². The number of piperazine rings is 1. The summed E-state index contributed by atoms with van der Waals surface area (Å²) in [6.07, 6.45) is 2.29. The van der Waals surface area contributed by atoms with Crippen LogP contribution < -0.4 is 0 Å². The Morgan fingerprint density at radius 1 is 0.925 bits per heavy atom. The molecule has 11 nitrogen and oxygen atoms in total. The molecule has 300 valence electrons. The lowest BCUT2D eigenvalue weighted by molar-refractivity contribution is -0.150. The van der Waals surface area contributed by atoms with E-state index in [4.69, 9.17) is 9.47 Å². The fourth-order valence-corrected chi connectivity index (χ4v) is 8.64. The number of carbonyl (C=O) groups is 4. The van der Waals surface area contributed by atoms with Crippen LogP contribution in [0.2, 0.25) is 0 Å². The Hall–Kier alpha value is -2.86. The fraction of sp³-hybridized carbons (Fsp3) is 0.762. The zero-order chi connectivity index (χ0) is 39.4. The molecule has 0 radical (unpaired) electrons. The van der Waals surface area contributed by atoms with E-state index in [-0.39, 0.29) is 85.3 Å². The van der Waals surface area contributed by atoms with Crippen LogP contribution in [0.3, 0.4) is 0 Å². The zero-order valence-corrected chi connectivity index (χ0v) is 34.3. The summed E-state index contributed by atoms with van der Waals surface area (Å²) in [5.74, 6) is -1.37. The molecular formula is C42H70N4O7. The van der Waals surface area contributed by atoms with Gasteiger partial charge in [0.2, 0.25) is 17.7 Å². The summed E-state index contributed by atoms with van der Waals surface area (Å²) in [6.45, 7) is 14.8. The Bertz CT molecular complexity index is 1310. The van der Waals surface area contributed by atoms with E-state index in [1.807, 2.05) is 60.9 Å². The highest BCUT2D eigenvalue weighted by atomic mass is 16.5. The van der Waals surface area contributed by atoms with Crippen molar-refractivity contribution in [3.63, 3.8) is 0 Å². The molecule has 11 heteroatoms. The van der Waals surface area contributed by atoms with Gasteiger partial charge in [-0.1, -0.05) is 71.4 Å². The lowest BCUT2D eigenvalue weighted by atomic mass is 9.85. The second kappa shape index (κ2) is 21.3. The van der Waals surface area contributed by atoms with E-state index in [9.17, 15) is 24.3 Å². The normalized spacial score (nSPS) is 22.2. The van der Waals surface area contributed by atoms with Gasteiger partial charge in [-0.3, -0.25) is 19.2 Å². The number of ketones is 1. The number of aliphatic hydroxyl groups excluding tert-OH is 1. The molecular weight excluding hydrogens is 672 g/mol. The molecule has 0 aliphatic carbocycles. The molecule has 0 unspecified atom stereocenters. The third kappa shape index (κ3) is 11.8. The maximum Gasteiger partial charge on any atom is 0.226 e. The number of hydrogen-bond donors (Lipinski definition) is 1. The molecule has 1 aromatic carbocycles.